The van der Waals surface area contributed by atoms with Crippen molar-refractivity contribution in [3.05, 3.63) is 16.7 Å². The van der Waals surface area contributed by atoms with Crippen LogP contribution in [0.5, 0.6) is 0 Å². The van der Waals surface area contributed by atoms with Crippen molar-refractivity contribution < 1.29 is 39.4 Å². The van der Waals surface area contributed by atoms with Gasteiger partial charge < -0.3 is 50.0 Å². The molecule has 160 valence electrons. The quantitative estimate of drug-likeness (QED) is 0.276. The zero-order valence-corrected chi connectivity index (χ0v) is 15.2. The van der Waals surface area contributed by atoms with Gasteiger partial charge in [0, 0.05) is 19.2 Å². The van der Waals surface area contributed by atoms with Gasteiger partial charge in [-0.05, 0) is 5.57 Å². The molecule has 0 bridgehead atoms. The van der Waals surface area contributed by atoms with Crippen LogP contribution in [0, 0.1) is 4.91 Å². The average Bonchev–Trinajstić information content (AvgIpc) is 3.09. The van der Waals surface area contributed by atoms with Gasteiger partial charge in [-0.2, -0.15) is 4.91 Å². The van der Waals surface area contributed by atoms with Gasteiger partial charge in [0.2, 0.25) is 0 Å². The van der Waals surface area contributed by atoms with E-state index < -0.39 is 49.1 Å². The van der Waals surface area contributed by atoms with Crippen LogP contribution in [0.2, 0.25) is 0 Å². The maximum absolute atomic E-state index is 11.1. The highest BCUT2D eigenvalue weighted by Gasteiger charge is 2.46. The van der Waals surface area contributed by atoms with Gasteiger partial charge in [0.05, 0.1) is 25.9 Å². The summed E-state index contributed by atoms with van der Waals surface area (Å²) in [5.74, 6) is 0. The summed E-state index contributed by atoms with van der Waals surface area (Å²) in [5.41, 5.74) is 6.22. The fraction of sp³-hybridized carbons (Fsp3) is 0.875. The molecule has 2 saturated heterocycles. The molecule has 3 heterocycles. The Labute approximate surface area is 161 Å². The summed E-state index contributed by atoms with van der Waals surface area (Å²) in [6, 6.07) is -1.29. The predicted molar refractivity (Wildman–Crippen MR) is 92.4 cm³/mol. The summed E-state index contributed by atoms with van der Waals surface area (Å²) in [6.45, 7) is 0.203. The number of aliphatic hydroxyl groups excluding tert-OH is 4. The smallest absolute Gasteiger partial charge is 0.186 e. The molecule has 0 spiro atoms. The maximum atomic E-state index is 11.1. The van der Waals surface area contributed by atoms with Gasteiger partial charge in [-0.25, -0.2) is 0 Å². The number of rotatable bonds is 7. The molecular formula is C16H27N3O9. The van der Waals surface area contributed by atoms with Crippen LogP contribution in [-0.4, -0.2) is 108 Å². The van der Waals surface area contributed by atoms with Crippen LogP contribution in [0.15, 0.2) is 16.9 Å². The second kappa shape index (κ2) is 9.52. The number of ether oxygens (including phenoxy) is 4. The highest BCUT2D eigenvalue weighted by atomic mass is 16.7. The molecule has 0 aromatic heterocycles. The van der Waals surface area contributed by atoms with Crippen LogP contribution in [-0.2, 0) is 18.9 Å². The predicted octanol–water partition coefficient (Wildman–Crippen LogP) is -2.81. The van der Waals surface area contributed by atoms with E-state index in [1.54, 1.807) is 11.1 Å². The molecule has 0 radical (unpaired) electrons. The Kier molecular flexibility index (Phi) is 7.31. The van der Waals surface area contributed by atoms with Crippen molar-refractivity contribution in [3.8, 4) is 0 Å². The number of hydrogen-bond acceptors (Lipinski definition) is 12. The number of nitroso groups, excluding NO2 is 1. The molecule has 12 heteroatoms. The van der Waals surface area contributed by atoms with Crippen LogP contribution in [0.4, 0.5) is 0 Å². The van der Waals surface area contributed by atoms with Crippen LogP contribution in [0.25, 0.3) is 0 Å². The summed E-state index contributed by atoms with van der Waals surface area (Å²) in [5, 5.41) is 41.8. The molecule has 0 saturated carbocycles. The summed E-state index contributed by atoms with van der Waals surface area (Å²) >= 11 is 0. The van der Waals surface area contributed by atoms with E-state index in [4.69, 9.17) is 24.7 Å². The third-order valence-corrected chi connectivity index (χ3v) is 5.09. The summed E-state index contributed by atoms with van der Waals surface area (Å²) in [4.78, 5) is 12.8. The second-order valence-electron chi connectivity index (χ2n) is 7.06. The molecule has 0 amide bonds. The van der Waals surface area contributed by atoms with Crippen molar-refractivity contribution in [3.63, 3.8) is 0 Å². The SMILES string of the molecule is NCC1O[C@@H](OCC2=CN([C@H]3CC(O)[C@@H](CO)O3)COC2)C(N=O)C(O)[C@@H]1O. The summed E-state index contributed by atoms with van der Waals surface area (Å²) in [6.07, 6.45) is -4.58. The van der Waals surface area contributed by atoms with Gasteiger partial charge in [0.1, 0.15) is 37.4 Å². The van der Waals surface area contributed by atoms with E-state index in [0.717, 1.165) is 0 Å². The van der Waals surface area contributed by atoms with Crippen molar-refractivity contribution in [2.24, 2.45) is 10.9 Å². The first-order valence-electron chi connectivity index (χ1n) is 9.11. The lowest BCUT2D eigenvalue weighted by molar-refractivity contribution is -0.254. The highest BCUT2D eigenvalue weighted by Crippen LogP contribution is 2.27. The first kappa shape index (κ1) is 21.5. The Morgan fingerprint density at radius 2 is 2.04 bits per heavy atom. The number of nitrogens with zero attached hydrogens (tertiary/aromatic N) is 2. The van der Waals surface area contributed by atoms with Gasteiger partial charge in [-0.1, -0.05) is 5.18 Å². The third-order valence-electron chi connectivity index (χ3n) is 5.09. The Balaban J connectivity index is 1.60. The normalized spacial score (nSPS) is 41.8. The van der Waals surface area contributed by atoms with Crippen molar-refractivity contribution in [1.29, 1.82) is 0 Å². The molecule has 4 unspecified atom stereocenters. The Bertz CT molecular complexity index is 565. The Morgan fingerprint density at radius 3 is 2.68 bits per heavy atom. The van der Waals surface area contributed by atoms with Crippen molar-refractivity contribution in [2.45, 2.75) is 55.5 Å². The van der Waals surface area contributed by atoms with Gasteiger partial charge in [0.25, 0.3) is 0 Å². The van der Waals surface area contributed by atoms with E-state index in [1.165, 1.54) is 0 Å². The lowest BCUT2D eigenvalue weighted by Gasteiger charge is -2.39. The molecule has 3 aliphatic rings. The van der Waals surface area contributed by atoms with E-state index in [9.17, 15) is 25.3 Å². The molecule has 12 nitrogen and oxygen atoms in total. The van der Waals surface area contributed by atoms with Crippen molar-refractivity contribution >= 4 is 0 Å². The molecular weight excluding hydrogens is 378 g/mol. The number of hydrogen-bond donors (Lipinski definition) is 5. The van der Waals surface area contributed by atoms with Gasteiger partial charge >= 0.3 is 0 Å². The van der Waals surface area contributed by atoms with Crippen molar-refractivity contribution in [2.75, 3.05) is 33.1 Å². The summed E-state index contributed by atoms with van der Waals surface area (Å²) in [7, 11) is 0. The van der Waals surface area contributed by atoms with E-state index in [1.807, 2.05) is 0 Å². The second-order valence-corrected chi connectivity index (χ2v) is 7.06. The van der Waals surface area contributed by atoms with Gasteiger partial charge in [-0.3, -0.25) is 0 Å². The van der Waals surface area contributed by atoms with Crippen LogP contribution in [0.1, 0.15) is 6.42 Å². The largest absolute Gasteiger partial charge is 0.394 e. The topological polar surface area (TPSA) is 177 Å². The van der Waals surface area contributed by atoms with Gasteiger partial charge in [-0.15, -0.1) is 0 Å². The lowest BCUT2D eigenvalue weighted by Crippen LogP contribution is -2.59. The van der Waals surface area contributed by atoms with Crippen molar-refractivity contribution in [1.82, 2.24) is 4.90 Å². The molecule has 2 fully saturated rings. The van der Waals surface area contributed by atoms with Crippen LogP contribution < -0.4 is 5.73 Å². The summed E-state index contributed by atoms with van der Waals surface area (Å²) < 4.78 is 22.2. The molecule has 0 aliphatic carbocycles. The molecule has 6 N–H and O–H groups in total. The highest BCUT2D eigenvalue weighted by molar-refractivity contribution is 5.06. The lowest BCUT2D eigenvalue weighted by atomic mass is 9.97. The first-order chi connectivity index (χ1) is 13.5. The molecule has 8 atom stereocenters. The minimum Gasteiger partial charge on any atom is -0.394 e. The molecule has 3 rings (SSSR count). The van der Waals surface area contributed by atoms with Gasteiger partial charge in [0.15, 0.2) is 12.3 Å². The Morgan fingerprint density at radius 1 is 1.25 bits per heavy atom. The van der Waals surface area contributed by atoms with E-state index >= 15 is 0 Å². The number of aliphatic hydroxyl groups is 4. The molecule has 0 aromatic rings. The molecule has 28 heavy (non-hydrogen) atoms. The standard InChI is InChI=1S/C16H27N3O9/c17-2-10-14(22)15(23)13(18-24)16(28-10)26-6-8-3-19(7-25-5-8)12-1-9(21)11(4-20)27-12/h3,9-16,20-23H,1-2,4-7,17H2/t9?,10?,11-,12-,13?,14-,15?,16-/m1/s1. The van der Waals surface area contributed by atoms with E-state index in [2.05, 4.69) is 5.18 Å². The third kappa shape index (κ3) is 4.50. The monoisotopic (exact) mass is 405 g/mol. The van der Waals surface area contributed by atoms with E-state index in [-0.39, 0.29) is 33.1 Å². The zero-order valence-electron chi connectivity index (χ0n) is 15.2. The van der Waals surface area contributed by atoms with Crippen LogP contribution in [0.3, 0.4) is 0 Å². The van der Waals surface area contributed by atoms with Crippen LogP contribution >= 0.6 is 0 Å². The fourth-order valence-electron chi connectivity index (χ4n) is 3.47. The average molecular weight is 405 g/mol. The maximum Gasteiger partial charge on any atom is 0.186 e. The molecule has 0 aromatic carbocycles. The fourth-order valence-corrected chi connectivity index (χ4v) is 3.47. The number of nitrogens with two attached hydrogens (primary N) is 1. The minimum absolute atomic E-state index is 0.0198. The zero-order chi connectivity index (χ0) is 20.3. The van der Waals surface area contributed by atoms with E-state index in [0.29, 0.717) is 12.0 Å². The molecule has 3 aliphatic heterocycles. The Hall–Kier alpha value is -1.22. The first-order valence-corrected chi connectivity index (χ1v) is 9.11. The minimum atomic E-state index is -1.44.